The number of halogens is 1. The summed E-state index contributed by atoms with van der Waals surface area (Å²) in [6, 6.07) is 4.78. The van der Waals surface area contributed by atoms with Crippen molar-refractivity contribution in [1.29, 1.82) is 0 Å². The maximum absolute atomic E-state index is 14.2. The van der Waals surface area contributed by atoms with Gasteiger partial charge in [0.2, 0.25) is 0 Å². The molecule has 0 aliphatic carbocycles. The highest BCUT2D eigenvalue weighted by atomic mass is 19.1. The van der Waals surface area contributed by atoms with E-state index in [1.54, 1.807) is 17.0 Å². The summed E-state index contributed by atoms with van der Waals surface area (Å²) in [5.41, 5.74) is 1.65. The second-order valence-corrected chi connectivity index (χ2v) is 6.97. The number of aliphatic hydroxyl groups is 1. The number of piperidine rings is 1. The Balaban J connectivity index is 1.99. The van der Waals surface area contributed by atoms with Crippen molar-refractivity contribution in [1.82, 2.24) is 4.90 Å². The van der Waals surface area contributed by atoms with Crippen molar-refractivity contribution >= 4 is 12.2 Å². The molecule has 0 saturated carbocycles. The van der Waals surface area contributed by atoms with Crippen molar-refractivity contribution in [3.63, 3.8) is 0 Å². The Morgan fingerprint density at radius 2 is 2.04 bits per heavy atom. The summed E-state index contributed by atoms with van der Waals surface area (Å²) in [5.74, 6) is 4.84. The Kier molecular flexibility index (Phi) is 6.22. The predicted molar refractivity (Wildman–Crippen MR) is 95.4 cm³/mol. The number of likely N-dealkylation sites (tertiary alicyclic amines) is 1. The minimum absolute atomic E-state index is 0.248. The van der Waals surface area contributed by atoms with Gasteiger partial charge >= 0.3 is 6.09 Å². The summed E-state index contributed by atoms with van der Waals surface area (Å²) in [7, 11) is 0. The quantitative estimate of drug-likeness (QED) is 0.792. The molecule has 1 aliphatic heterocycles. The standard InChI is InChI=1S/C20H24FNO3/c1-20(2,3)25-19(24)22-10-8-16(9-11-22)13-17-7-6-15(5-4-12-23)14-18(17)21/h6-7,13-14,23H,8-12H2,1-3H3. The van der Waals surface area contributed by atoms with Gasteiger partial charge in [0.1, 0.15) is 18.0 Å². The van der Waals surface area contributed by atoms with Crippen molar-refractivity contribution in [2.45, 2.75) is 39.2 Å². The first-order valence-corrected chi connectivity index (χ1v) is 8.35. The number of nitrogens with zero attached hydrogens (tertiary/aromatic N) is 1. The smallest absolute Gasteiger partial charge is 0.410 e. The largest absolute Gasteiger partial charge is 0.444 e. The molecule has 1 heterocycles. The number of rotatable bonds is 1. The molecular formula is C20H24FNO3. The van der Waals surface area contributed by atoms with Crippen LogP contribution in [0.5, 0.6) is 0 Å². The van der Waals surface area contributed by atoms with Gasteiger partial charge in [-0.3, -0.25) is 0 Å². The summed E-state index contributed by atoms with van der Waals surface area (Å²) in [4.78, 5) is 13.7. The van der Waals surface area contributed by atoms with Crippen LogP contribution in [0.15, 0.2) is 23.8 Å². The number of hydrogen-bond donors (Lipinski definition) is 1. The van der Waals surface area contributed by atoms with Crippen LogP contribution in [0.4, 0.5) is 9.18 Å². The van der Waals surface area contributed by atoms with Crippen molar-refractivity contribution in [2.24, 2.45) is 0 Å². The van der Waals surface area contributed by atoms with E-state index in [1.165, 1.54) is 6.07 Å². The van der Waals surface area contributed by atoms with Gasteiger partial charge in [0.25, 0.3) is 0 Å². The van der Waals surface area contributed by atoms with Crippen LogP contribution >= 0.6 is 0 Å². The average Bonchev–Trinajstić information content (AvgIpc) is 2.54. The molecule has 1 aliphatic rings. The third-order valence-electron chi connectivity index (χ3n) is 3.73. The van der Waals surface area contributed by atoms with Crippen LogP contribution in [0.25, 0.3) is 6.08 Å². The molecule has 5 heteroatoms. The van der Waals surface area contributed by atoms with Gasteiger partial charge in [-0.2, -0.15) is 0 Å². The number of benzene rings is 1. The third kappa shape index (κ3) is 5.91. The maximum Gasteiger partial charge on any atom is 0.410 e. The molecule has 4 nitrogen and oxygen atoms in total. The van der Waals surface area contributed by atoms with Crippen LogP contribution in [-0.2, 0) is 4.74 Å². The van der Waals surface area contributed by atoms with Crippen LogP contribution in [0.1, 0.15) is 44.7 Å². The van der Waals surface area contributed by atoms with Gasteiger partial charge < -0.3 is 14.7 Å². The van der Waals surface area contributed by atoms with Gasteiger partial charge in [-0.1, -0.05) is 29.6 Å². The lowest BCUT2D eigenvalue weighted by molar-refractivity contribution is 0.0237. The second kappa shape index (κ2) is 8.17. The van der Waals surface area contributed by atoms with Crippen LogP contribution < -0.4 is 0 Å². The SMILES string of the molecule is CC(C)(C)OC(=O)N1CCC(=Cc2ccc(C#CCO)cc2F)CC1. The summed E-state index contributed by atoms with van der Waals surface area (Å²) in [6.45, 7) is 6.43. The molecule has 1 fully saturated rings. The average molecular weight is 345 g/mol. The van der Waals surface area contributed by atoms with E-state index >= 15 is 0 Å². The van der Waals surface area contributed by atoms with E-state index in [9.17, 15) is 9.18 Å². The Hall–Kier alpha value is -2.32. The maximum atomic E-state index is 14.2. The fraction of sp³-hybridized carbons (Fsp3) is 0.450. The molecule has 0 unspecified atom stereocenters. The van der Waals surface area contributed by atoms with E-state index < -0.39 is 5.60 Å². The fourth-order valence-electron chi connectivity index (χ4n) is 2.53. The number of aliphatic hydroxyl groups excluding tert-OH is 1. The van der Waals surface area contributed by atoms with Gasteiger partial charge in [-0.15, -0.1) is 0 Å². The van der Waals surface area contributed by atoms with E-state index in [1.807, 2.05) is 26.8 Å². The topological polar surface area (TPSA) is 49.8 Å². The number of hydrogen-bond acceptors (Lipinski definition) is 3. The van der Waals surface area contributed by atoms with E-state index in [2.05, 4.69) is 11.8 Å². The fourth-order valence-corrected chi connectivity index (χ4v) is 2.53. The normalized spacial score (nSPS) is 14.6. The van der Waals surface area contributed by atoms with Gasteiger partial charge in [-0.05, 0) is 45.7 Å². The summed E-state index contributed by atoms with van der Waals surface area (Å²) in [5, 5.41) is 8.68. The minimum atomic E-state index is -0.503. The first-order valence-electron chi connectivity index (χ1n) is 8.35. The van der Waals surface area contributed by atoms with Crippen molar-refractivity contribution in [2.75, 3.05) is 19.7 Å². The molecule has 0 atom stereocenters. The molecule has 134 valence electrons. The molecular weight excluding hydrogens is 321 g/mol. The number of carbonyl (C=O) groups excluding carboxylic acids is 1. The Labute approximate surface area is 148 Å². The molecule has 0 aromatic heterocycles. The second-order valence-electron chi connectivity index (χ2n) is 6.97. The monoisotopic (exact) mass is 345 g/mol. The van der Waals surface area contributed by atoms with Gasteiger partial charge in [0.15, 0.2) is 0 Å². The van der Waals surface area contributed by atoms with Crippen LogP contribution in [0.2, 0.25) is 0 Å². The lowest BCUT2D eigenvalue weighted by Gasteiger charge is -2.31. The van der Waals surface area contributed by atoms with Crippen LogP contribution in [0.3, 0.4) is 0 Å². The van der Waals surface area contributed by atoms with E-state index in [4.69, 9.17) is 9.84 Å². The van der Waals surface area contributed by atoms with Crippen LogP contribution in [0, 0.1) is 17.7 Å². The zero-order chi connectivity index (χ0) is 18.4. The molecule has 0 bridgehead atoms. The third-order valence-corrected chi connectivity index (χ3v) is 3.73. The summed E-state index contributed by atoms with van der Waals surface area (Å²) in [6.07, 6.45) is 2.94. The number of carbonyl (C=O) groups is 1. The van der Waals surface area contributed by atoms with E-state index in [0.717, 1.165) is 5.57 Å². The van der Waals surface area contributed by atoms with E-state index in [-0.39, 0.29) is 18.5 Å². The first-order chi connectivity index (χ1) is 11.8. The molecule has 25 heavy (non-hydrogen) atoms. The van der Waals surface area contributed by atoms with Gasteiger partial charge in [0, 0.05) is 24.2 Å². The number of ether oxygens (including phenoxy) is 1. The zero-order valence-corrected chi connectivity index (χ0v) is 14.9. The molecule has 1 aromatic carbocycles. The predicted octanol–water partition coefficient (Wildman–Crippen LogP) is 3.58. The van der Waals surface area contributed by atoms with Gasteiger partial charge in [0.05, 0.1) is 0 Å². The first kappa shape index (κ1) is 19.0. The van der Waals surface area contributed by atoms with Gasteiger partial charge in [-0.25, -0.2) is 9.18 Å². The molecule has 1 aromatic rings. The van der Waals surface area contributed by atoms with Crippen molar-refractivity contribution < 1.29 is 19.0 Å². The number of amides is 1. The highest BCUT2D eigenvalue weighted by molar-refractivity contribution is 5.68. The Morgan fingerprint density at radius 1 is 1.36 bits per heavy atom. The molecule has 1 N–H and O–H groups in total. The molecule has 0 spiro atoms. The molecule has 1 amide bonds. The van der Waals surface area contributed by atoms with Crippen LogP contribution in [-0.4, -0.2) is 41.4 Å². The molecule has 1 saturated heterocycles. The zero-order valence-electron chi connectivity index (χ0n) is 14.9. The highest BCUT2D eigenvalue weighted by Gasteiger charge is 2.24. The molecule has 2 rings (SSSR count). The molecule has 0 radical (unpaired) electrons. The summed E-state index contributed by atoms with van der Waals surface area (Å²) < 4.78 is 19.5. The Morgan fingerprint density at radius 3 is 2.60 bits per heavy atom. The van der Waals surface area contributed by atoms with E-state index in [0.29, 0.717) is 37.1 Å². The summed E-state index contributed by atoms with van der Waals surface area (Å²) >= 11 is 0. The Bertz CT molecular complexity index is 713. The van der Waals surface area contributed by atoms with Crippen molar-refractivity contribution in [3.05, 3.63) is 40.7 Å². The minimum Gasteiger partial charge on any atom is -0.444 e. The lowest BCUT2D eigenvalue weighted by Crippen LogP contribution is -2.40. The van der Waals surface area contributed by atoms with Crippen molar-refractivity contribution in [3.8, 4) is 11.8 Å². The highest BCUT2D eigenvalue weighted by Crippen LogP contribution is 2.22. The lowest BCUT2D eigenvalue weighted by atomic mass is 10.0.